The van der Waals surface area contributed by atoms with Crippen molar-refractivity contribution in [2.24, 2.45) is 5.92 Å². The van der Waals surface area contributed by atoms with Gasteiger partial charge in [-0.25, -0.2) is 9.78 Å². The number of carbonyl (C=O) groups is 4. The van der Waals surface area contributed by atoms with Gasteiger partial charge in [-0.05, 0) is 55.5 Å². The third-order valence-electron chi connectivity index (χ3n) is 7.29. The van der Waals surface area contributed by atoms with Crippen molar-refractivity contribution in [3.05, 3.63) is 47.8 Å². The van der Waals surface area contributed by atoms with Crippen molar-refractivity contribution >= 4 is 46.0 Å². The first kappa shape index (κ1) is 27.1. The Morgan fingerprint density at radius 1 is 1.07 bits per heavy atom. The number of halogens is 3. The number of fused-ring (bicyclic) bond motifs is 3. The average molecular weight is 558 g/mol. The van der Waals surface area contributed by atoms with Crippen LogP contribution in [-0.4, -0.2) is 62.4 Å². The number of Topliss-reactive ketones (excluding diaryl/α,β-unsaturated/α-hetero) is 1. The molecular weight excluding hydrogens is 531 g/mol. The highest BCUT2D eigenvalue weighted by Crippen LogP contribution is 2.43. The number of anilines is 2. The van der Waals surface area contributed by atoms with E-state index < -0.39 is 35.8 Å². The Kier molecular flexibility index (Phi) is 6.94. The number of nitrogens with one attached hydrogen (secondary N) is 3. The van der Waals surface area contributed by atoms with E-state index in [1.54, 1.807) is 18.2 Å². The fourth-order valence-corrected chi connectivity index (χ4v) is 5.59. The summed E-state index contributed by atoms with van der Waals surface area (Å²) < 4.78 is 40.6. The fraction of sp³-hybridized carbons (Fsp3) is 0.385. The van der Waals surface area contributed by atoms with Gasteiger partial charge in [0.1, 0.15) is 29.8 Å². The molecule has 14 heteroatoms. The first-order chi connectivity index (χ1) is 19.0. The Bertz CT molecular complexity index is 1520. The summed E-state index contributed by atoms with van der Waals surface area (Å²) in [5.74, 6) is -1.73. The van der Waals surface area contributed by atoms with E-state index in [4.69, 9.17) is 0 Å². The minimum absolute atomic E-state index is 0.121. The van der Waals surface area contributed by atoms with Crippen molar-refractivity contribution in [2.75, 3.05) is 17.7 Å². The molecule has 1 saturated heterocycles. The highest BCUT2D eigenvalue weighted by molar-refractivity contribution is 6.06. The molecule has 1 saturated carbocycles. The third-order valence-corrected chi connectivity index (χ3v) is 7.29. The quantitative estimate of drug-likeness (QED) is 0.397. The molecule has 3 aromatic rings. The van der Waals surface area contributed by atoms with Crippen LogP contribution >= 0.6 is 0 Å². The number of alkyl halides is 3. The number of rotatable bonds is 6. The molecule has 1 aliphatic heterocycles. The molecule has 0 spiro atoms. The van der Waals surface area contributed by atoms with Crippen LogP contribution in [0.15, 0.2) is 36.4 Å². The number of urea groups is 1. The van der Waals surface area contributed by atoms with Crippen molar-refractivity contribution in [1.82, 2.24) is 25.0 Å². The maximum absolute atomic E-state index is 13.6. The monoisotopic (exact) mass is 557 g/mol. The van der Waals surface area contributed by atoms with Gasteiger partial charge < -0.3 is 20.9 Å². The summed E-state index contributed by atoms with van der Waals surface area (Å²) in [6.45, 7) is 1.08. The first-order valence-corrected chi connectivity index (χ1v) is 12.6. The van der Waals surface area contributed by atoms with Gasteiger partial charge in [0, 0.05) is 31.1 Å². The van der Waals surface area contributed by atoms with E-state index >= 15 is 0 Å². The van der Waals surface area contributed by atoms with Gasteiger partial charge in [-0.15, -0.1) is 0 Å². The van der Waals surface area contributed by atoms with Crippen LogP contribution in [0.5, 0.6) is 0 Å². The van der Waals surface area contributed by atoms with Crippen LogP contribution in [0.4, 0.5) is 29.5 Å². The van der Waals surface area contributed by atoms with Gasteiger partial charge in [0.05, 0.1) is 5.52 Å². The summed E-state index contributed by atoms with van der Waals surface area (Å²) in [7, 11) is 1.47. The smallest absolute Gasteiger partial charge is 0.341 e. The second-order valence-electron chi connectivity index (χ2n) is 9.87. The van der Waals surface area contributed by atoms with E-state index in [1.807, 2.05) is 0 Å². The molecule has 2 aromatic heterocycles. The van der Waals surface area contributed by atoms with Crippen molar-refractivity contribution in [3.8, 4) is 0 Å². The molecule has 2 aliphatic rings. The molecule has 2 bridgehead atoms. The van der Waals surface area contributed by atoms with Gasteiger partial charge in [0.15, 0.2) is 5.78 Å². The lowest BCUT2D eigenvalue weighted by atomic mass is 9.97. The molecule has 1 aliphatic carbocycles. The molecule has 5 rings (SSSR count). The average Bonchev–Trinajstić information content (AvgIpc) is 3.61. The van der Waals surface area contributed by atoms with Gasteiger partial charge in [-0.1, -0.05) is 6.07 Å². The predicted octanol–water partition coefficient (Wildman–Crippen LogP) is 3.42. The minimum Gasteiger partial charge on any atom is -0.341 e. The van der Waals surface area contributed by atoms with E-state index in [0.717, 1.165) is 12.1 Å². The number of nitrogens with zero attached hydrogens (tertiary/aromatic N) is 4. The zero-order valence-electron chi connectivity index (χ0n) is 21.6. The Labute approximate surface area is 226 Å². The maximum atomic E-state index is 13.6. The second-order valence-corrected chi connectivity index (χ2v) is 9.87. The Hall–Kier alpha value is -4.49. The topological polar surface area (TPSA) is 138 Å². The fourth-order valence-electron chi connectivity index (χ4n) is 5.59. The van der Waals surface area contributed by atoms with Crippen molar-refractivity contribution in [2.45, 2.75) is 51.0 Å². The standard InChI is InChI=1S/C26H26F3N7O4/c1-13(37)22-17-11-15(31-25(40)30-2)7-9-18(17)35(34-22)12-21(38)36-16-8-6-14(10-16)23(36)24(39)33-20-5-3-4-19(32-20)26(27,28)29/h3-5,7,9,11,14,16,23H,6,8,10,12H2,1-2H3,(H2,30,31,40)(H,32,33,39)/t14-,16+,23-/m0/s1. The lowest BCUT2D eigenvalue weighted by Gasteiger charge is -2.34. The van der Waals surface area contributed by atoms with E-state index in [9.17, 15) is 32.3 Å². The second kappa shape index (κ2) is 10.2. The molecular formula is C26H26F3N7O4. The summed E-state index contributed by atoms with van der Waals surface area (Å²) in [6, 6.07) is 6.54. The lowest BCUT2D eigenvalue weighted by molar-refractivity contribution is -0.141. The molecule has 0 radical (unpaired) electrons. The minimum atomic E-state index is -4.67. The third kappa shape index (κ3) is 5.08. The van der Waals surface area contributed by atoms with E-state index in [1.165, 1.54) is 29.6 Å². The van der Waals surface area contributed by atoms with Crippen LogP contribution in [-0.2, 0) is 22.3 Å². The van der Waals surface area contributed by atoms with E-state index in [-0.39, 0.29) is 35.8 Å². The van der Waals surface area contributed by atoms with Gasteiger partial charge in [0.25, 0.3) is 0 Å². The molecule has 0 unspecified atom stereocenters. The summed E-state index contributed by atoms with van der Waals surface area (Å²) >= 11 is 0. The number of benzene rings is 1. The number of carbonyl (C=O) groups excluding carboxylic acids is 4. The van der Waals surface area contributed by atoms with Gasteiger partial charge in [0.2, 0.25) is 11.8 Å². The number of aromatic nitrogens is 3. The first-order valence-electron chi connectivity index (χ1n) is 12.6. The molecule has 3 heterocycles. The zero-order valence-corrected chi connectivity index (χ0v) is 21.6. The molecule has 3 atom stereocenters. The molecule has 40 heavy (non-hydrogen) atoms. The lowest BCUT2D eigenvalue weighted by Crippen LogP contribution is -2.52. The highest BCUT2D eigenvalue weighted by Gasteiger charge is 2.51. The maximum Gasteiger partial charge on any atom is 0.433 e. The predicted molar refractivity (Wildman–Crippen MR) is 137 cm³/mol. The Morgan fingerprint density at radius 2 is 1.85 bits per heavy atom. The molecule has 11 nitrogen and oxygen atoms in total. The van der Waals surface area contributed by atoms with Crippen LogP contribution in [0, 0.1) is 5.92 Å². The van der Waals surface area contributed by atoms with Crippen molar-refractivity contribution in [1.29, 1.82) is 0 Å². The van der Waals surface area contributed by atoms with Gasteiger partial charge in [-0.2, -0.15) is 18.3 Å². The van der Waals surface area contributed by atoms with Crippen LogP contribution in [0.1, 0.15) is 42.4 Å². The molecule has 4 amide bonds. The normalized spacial score (nSPS) is 20.0. The summed E-state index contributed by atoms with van der Waals surface area (Å²) in [4.78, 5) is 55.9. The SMILES string of the molecule is CNC(=O)Nc1ccc2c(c1)c(C(C)=O)nn2CC(=O)N1[C@@H]2CC[C@@H](C2)[C@H]1C(=O)Nc1cccc(C(F)(F)F)n1. The Morgan fingerprint density at radius 3 is 2.55 bits per heavy atom. The molecule has 3 N–H and O–H groups in total. The number of hydrogen-bond acceptors (Lipinski definition) is 6. The summed E-state index contributed by atoms with van der Waals surface area (Å²) in [5, 5.41) is 12.3. The number of piperidine rings is 1. The van der Waals surface area contributed by atoms with E-state index in [0.29, 0.717) is 35.9 Å². The summed E-state index contributed by atoms with van der Waals surface area (Å²) in [5.41, 5.74) is -0.0977. The number of pyridine rings is 1. The largest absolute Gasteiger partial charge is 0.433 e. The summed E-state index contributed by atoms with van der Waals surface area (Å²) in [6.07, 6.45) is -2.65. The van der Waals surface area contributed by atoms with Crippen molar-refractivity contribution in [3.63, 3.8) is 0 Å². The van der Waals surface area contributed by atoms with Crippen molar-refractivity contribution < 1.29 is 32.3 Å². The molecule has 210 valence electrons. The number of amides is 4. The number of likely N-dealkylation sites (tertiary alicyclic amines) is 1. The number of hydrogen-bond donors (Lipinski definition) is 3. The van der Waals surface area contributed by atoms with Crippen LogP contribution < -0.4 is 16.0 Å². The molecule has 1 aromatic carbocycles. The van der Waals surface area contributed by atoms with Crippen LogP contribution in [0.2, 0.25) is 0 Å². The van der Waals surface area contributed by atoms with E-state index in [2.05, 4.69) is 26.0 Å². The van der Waals surface area contributed by atoms with Crippen LogP contribution in [0.25, 0.3) is 10.9 Å². The number of ketones is 1. The zero-order chi connectivity index (χ0) is 28.8. The van der Waals surface area contributed by atoms with Gasteiger partial charge >= 0.3 is 12.2 Å². The molecule has 2 fully saturated rings. The van der Waals surface area contributed by atoms with Gasteiger partial charge in [-0.3, -0.25) is 19.1 Å². The highest BCUT2D eigenvalue weighted by atomic mass is 19.4. The van der Waals surface area contributed by atoms with Crippen LogP contribution in [0.3, 0.4) is 0 Å². The Balaban J connectivity index is 1.39.